The summed E-state index contributed by atoms with van der Waals surface area (Å²) in [5.74, 6) is -1.49. The normalized spacial score (nSPS) is 16.1. The molecule has 3 aromatic carbocycles. The Bertz CT molecular complexity index is 1340. The van der Waals surface area contributed by atoms with Crippen LogP contribution in [0, 0.1) is 0 Å². The molecule has 232 valence electrons. The molecule has 0 saturated carbocycles. The predicted octanol–water partition coefficient (Wildman–Crippen LogP) is 3.36. The Hall–Kier alpha value is -3.79. The number of benzene rings is 3. The van der Waals surface area contributed by atoms with Crippen LogP contribution < -0.4 is 16.8 Å². The van der Waals surface area contributed by atoms with E-state index in [1.807, 2.05) is 72.8 Å². The summed E-state index contributed by atoms with van der Waals surface area (Å²) in [6.07, 6.45) is 3.57. The number of fused-ring (bicyclic) bond motifs is 1. The van der Waals surface area contributed by atoms with Gasteiger partial charge in [0.1, 0.15) is 18.7 Å². The van der Waals surface area contributed by atoms with Crippen LogP contribution in [0.5, 0.6) is 0 Å². The van der Waals surface area contributed by atoms with E-state index < -0.39 is 29.4 Å². The Balaban J connectivity index is 0.000000749. The number of nitrogens with one attached hydrogen (secondary N) is 1. The topological polar surface area (TPSA) is 137 Å². The van der Waals surface area contributed by atoms with E-state index in [0.29, 0.717) is 6.10 Å². The van der Waals surface area contributed by atoms with Gasteiger partial charge in [0.05, 0.1) is 12.7 Å². The summed E-state index contributed by atoms with van der Waals surface area (Å²) < 4.78 is 10.6. The molecule has 9 heteroatoms. The van der Waals surface area contributed by atoms with Gasteiger partial charge in [-0.1, -0.05) is 72.8 Å². The largest absolute Gasteiger partial charge is 0.379 e. The van der Waals surface area contributed by atoms with E-state index in [4.69, 9.17) is 20.9 Å². The zero-order chi connectivity index (χ0) is 31.4. The van der Waals surface area contributed by atoms with Crippen molar-refractivity contribution < 1.29 is 23.9 Å². The highest BCUT2D eigenvalue weighted by molar-refractivity contribution is 5.92. The number of carbonyl (C=O) groups excluding carboxylic acids is 3. The highest BCUT2D eigenvalue weighted by Crippen LogP contribution is 2.18. The molecule has 1 fully saturated rings. The van der Waals surface area contributed by atoms with Crippen LogP contribution in [0.15, 0.2) is 72.8 Å². The van der Waals surface area contributed by atoms with Crippen LogP contribution in [0.4, 0.5) is 0 Å². The predicted molar refractivity (Wildman–Crippen MR) is 169 cm³/mol. The van der Waals surface area contributed by atoms with Crippen molar-refractivity contribution in [1.29, 1.82) is 0 Å². The summed E-state index contributed by atoms with van der Waals surface area (Å²) >= 11 is 0. The molecule has 1 heterocycles. The molecule has 4 rings (SSSR count). The highest BCUT2D eigenvalue weighted by Gasteiger charge is 2.30. The second kappa shape index (κ2) is 16.2. The SMILES string of the molecule is CC1CCCO1.CN(C(=O)COCC(C)(C)N)[C@H](Cc1ccc2ccccc2c1)C(=O)N[C@H](Cc1ccccc1)C(N)=O. The summed E-state index contributed by atoms with van der Waals surface area (Å²) in [6.45, 7) is 6.67. The van der Waals surface area contributed by atoms with Gasteiger partial charge in [-0.25, -0.2) is 0 Å². The smallest absolute Gasteiger partial charge is 0.249 e. The number of carbonyl (C=O) groups is 3. The van der Waals surface area contributed by atoms with E-state index in [2.05, 4.69) is 12.2 Å². The molecule has 43 heavy (non-hydrogen) atoms. The van der Waals surface area contributed by atoms with Gasteiger partial charge in [-0.2, -0.15) is 0 Å². The van der Waals surface area contributed by atoms with Crippen LogP contribution in [0.1, 0.15) is 44.7 Å². The first-order valence-corrected chi connectivity index (χ1v) is 14.8. The Kier molecular flexibility index (Phi) is 12.7. The van der Waals surface area contributed by atoms with Crippen molar-refractivity contribution in [1.82, 2.24) is 10.2 Å². The van der Waals surface area contributed by atoms with Crippen molar-refractivity contribution in [2.75, 3.05) is 26.9 Å². The van der Waals surface area contributed by atoms with E-state index in [-0.39, 0.29) is 32.0 Å². The molecular formula is C34H46N4O5. The highest BCUT2D eigenvalue weighted by atomic mass is 16.5. The number of nitrogens with two attached hydrogens (primary N) is 2. The molecule has 0 aliphatic carbocycles. The van der Waals surface area contributed by atoms with E-state index in [0.717, 1.165) is 28.5 Å². The summed E-state index contributed by atoms with van der Waals surface area (Å²) in [6, 6.07) is 21.3. The van der Waals surface area contributed by atoms with Gasteiger partial charge in [0.25, 0.3) is 0 Å². The number of hydrogen-bond donors (Lipinski definition) is 3. The lowest BCUT2D eigenvalue weighted by molar-refractivity contribution is -0.143. The van der Waals surface area contributed by atoms with Crippen LogP contribution in [0.3, 0.4) is 0 Å². The van der Waals surface area contributed by atoms with E-state index in [9.17, 15) is 14.4 Å². The number of likely N-dealkylation sites (N-methyl/N-ethyl adjacent to an activating group) is 1. The molecule has 0 spiro atoms. The molecule has 5 N–H and O–H groups in total. The molecule has 1 aliphatic heterocycles. The zero-order valence-corrected chi connectivity index (χ0v) is 25.8. The van der Waals surface area contributed by atoms with Crippen molar-refractivity contribution in [2.24, 2.45) is 11.5 Å². The molecule has 9 nitrogen and oxygen atoms in total. The summed E-state index contributed by atoms with van der Waals surface area (Å²) in [5.41, 5.74) is 12.7. The minimum Gasteiger partial charge on any atom is -0.379 e. The van der Waals surface area contributed by atoms with Crippen LogP contribution in [-0.2, 0) is 36.7 Å². The number of hydrogen-bond acceptors (Lipinski definition) is 6. The molecule has 0 bridgehead atoms. The second-order valence-electron chi connectivity index (χ2n) is 11.9. The maximum Gasteiger partial charge on any atom is 0.249 e. The lowest BCUT2D eigenvalue weighted by atomic mass is 9.99. The molecule has 1 aliphatic rings. The Morgan fingerprint density at radius 3 is 2.26 bits per heavy atom. The number of amides is 3. The van der Waals surface area contributed by atoms with E-state index in [1.165, 1.54) is 17.7 Å². The van der Waals surface area contributed by atoms with Gasteiger partial charge in [0.15, 0.2) is 0 Å². The maximum atomic E-state index is 13.5. The van der Waals surface area contributed by atoms with Gasteiger partial charge in [-0.15, -0.1) is 0 Å². The summed E-state index contributed by atoms with van der Waals surface area (Å²) in [5, 5.41) is 4.87. The Morgan fingerprint density at radius 2 is 1.67 bits per heavy atom. The van der Waals surface area contributed by atoms with Crippen molar-refractivity contribution in [3.63, 3.8) is 0 Å². The van der Waals surface area contributed by atoms with Crippen molar-refractivity contribution in [2.45, 2.75) is 70.2 Å². The minimum atomic E-state index is -0.924. The first-order chi connectivity index (χ1) is 20.4. The van der Waals surface area contributed by atoms with Crippen LogP contribution >= 0.6 is 0 Å². The van der Waals surface area contributed by atoms with Crippen molar-refractivity contribution in [3.05, 3.63) is 83.9 Å². The van der Waals surface area contributed by atoms with Gasteiger partial charge in [-0.3, -0.25) is 14.4 Å². The first-order valence-electron chi connectivity index (χ1n) is 14.8. The summed E-state index contributed by atoms with van der Waals surface area (Å²) in [7, 11) is 1.56. The fourth-order valence-corrected chi connectivity index (χ4v) is 4.75. The Labute approximate surface area is 254 Å². The first kappa shape index (κ1) is 33.7. The third-order valence-corrected chi connectivity index (χ3v) is 7.21. The monoisotopic (exact) mass is 590 g/mol. The molecular weight excluding hydrogens is 544 g/mol. The van der Waals surface area contributed by atoms with Crippen LogP contribution in [0.2, 0.25) is 0 Å². The quantitative estimate of drug-likeness (QED) is 0.296. The van der Waals surface area contributed by atoms with Crippen molar-refractivity contribution >= 4 is 28.5 Å². The van der Waals surface area contributed by atoms with Crippen LogP contribution in [-0.4, -0.2) is 73.2 Å². The average Bonchev–Trinajstić information content (AvgIpc) is 3.46. The lowest BCUT2D eigenvalue weighted by Gasteiger charge is -2.29. The van der Waals surface area contributed by atoms with Gasteiger partial charge in [0, 0.05) is 32.0 Å². The lowest BCUT2D eigenvalue weighted by Crippen LogP contribution is -2.55. The number of ether oxygens (including phenoxy) is 2. The molecule has 1 unspecified atom stereocenters. The number of primary amides is 1. The van der Waals surface area contributed by atoms with Gasteiger partial charge in [0.2, 0.25) is 17.7 Å². The van der Waals surface area contributed by atoms with E-state index in [1.54, 1.807) is 20.9 Å². The molecule has 3 aromatic rings. The summed E-state index contributed by atoms with van der Waals surface area (Å²) in [4.78, 5) is 40.1. The third kappa shape index (κ3) is 11.4. The molecule has 3 atom stereocenters. The second-order valence-corrected chi connectivity index (χ2v) is 11.9. The average molecular weight is 591 g/mol. The number of nitrogens with zero attached hydrogens (tertiary/aromatic N) is 1. The van der Waals surface area contributed by atoms with E-state index >= 15 is 0 Å². The van der Waals surface area contributed by atoms with Gasteiger partial charge >= 0.3 is 0 Å². The van der Waals surface area contributed by atoms with Gasteiger partial charge < -0.3 is 31.2 Å². The zero-order valence-electron chi connectivity index (χ0n) is 25.8. The number of rotatable bonds is 12. The fraction of sp³-hybridized carbons (Fsp3) is 0.441. The van der Waals surface area contributed by atoms with Gasteiger partial charge in [-0.05, 0) is 55.5 Å². The molecule has 3 amide bonds. The fourth-order valence-electron chi connectivity index (χ4n) is 4.75. The third-order valence-electron chi connectivity index (χ3n) is 7.21. The molecule has 0 aromatic heterocycles. The molecule has 0 radical (unpaired) electrons. The maximum absolute atomic E-state index is 13.5. The minimum absolute atomic E-state index is 0.189. The Morgan fingerprint density at radius 1 is 1.00 bits per heavy atom. The molecule has 1 saturated heterocycles. The standard InChI is InChI=1S/C29H36N4O4.C5H10O/c1-29(2,31)19-37-18-26(34)33(3)25(17-21-13-14-22-11-7-8-12-23(22)15-21)28(36)32-24(27(30)35)16-20-9-5-4-6-10-20;1-5-3-2-4-6-5/h4-15,24-25H,16-19,31H2,1-3H3,(H2,30,35)(H,32,36);5H,2-4H2,1H3/t24-,25-;/m1./s1. The van der Waals surface area contributed by atoms with Crippen LogP contribution in [0.25, 0.3) is 10.8 Å². The van der Waals surface area contributed by atoms with Crippen molar-refractivity contribution in [3.8, 4) is 0 Å².